The Morgan fingerprint density at radius 1 is 1.50 bits per heavy atom. The van der Waals surface area contributed by atoms with Gasteiger partial charge in [0.25, 0.3) is 0 Å². The molecule has 1 aromatic heterocycles. The van der Waals surface area contributed by atoms with Gasteiger partial charge >= 0.3 is 5.97 Å². The lowest BCUT2D eigenvalue weighted by Crippen LogP contribution is -2.30. The molecular weight excluding hydrogens is 232 g/mol. The third kappa shape index (κ3) is 3.20. The van der Waals surface area contributed by atoms with E-state index in [-0.39, 0.29) is 5.69 Å². The number of rotatable bonds is 4. The van der Waals surface area contributed by atoms with E-state index in [1.807, 2.05) is 0 Å². The summed E-state index contributed by atoms with van der Waals surface area (Å²) in [4.78, 5) is 15.8. The summed E-state index contributed by atoms with van der Waals surface area (Å²) in [6.45, 7) is 5.11. The van der Waals surface area contributed by atoms with Crippen LogP contribution in [-0.2, 0) is 4.74 Å². The second kappa shape index (κ2) is 5.50. The average Bonchev–Trinajstić information content (AvgIpc) is 2.38. The molecule has 0 N–H and O–H groups in total. The molecule has 0 saturated carbocycles. The summed E-state index contributed by atoms with van der Waals surface area (Å²) in [6.07, 6.45) is -0.525. The lowest BCUT2D eigenvalue weighted by atomic mass is 9.89. The van der Waals surface area contributed by atoms with E-state index >= 15 is 0 Å². The molecule has 0 amide bonds. The van der Waals surface area contributed by atoms with E-state index in [0.717, 1.165) is 0 Å². The first kappa shape index (κ1) is 14.0. The maximum atomic E-state index is 11.8. The van der Waals surface area contributed by atoms with E-state index in [1.165, 1.54) is 13.2 Å². The van der Waals surface area contributed by atoms with Crippen LogP contribution in [0, 0.1) is 16.7 Å². The molecule has 1 aromatic rings. The molecule has 1 heterocycles. The molecule has 0 saturated heterocycles. The van der Waals surface area contributed by atoms with Gasteiger partial charge in [-0.15, -0.1) is 0 Å². The number of pyridine rings is 1. The molecule has 1 rings (SSSR count). The number of nitrogens with zero attached hydrogens (tertiary/aromatic N) is 2. The summed E-state index contributed by atoms with van der Waals surface area (Å²) in [5, 5.41) is 8.95. The minimum atomic E-state index is -0.742. The van der Waals surface area contributed by atoms with Crippen LogP contribution in [-0.4, -0.2) is 24.2 Å². The van der Waals surface area contributed by atoms with Crippen LogP contribution < -0.4 is 4.74 Å². The van der Waals surface area contributed by atoms with Crippen molar-refractivity contribution in [3.8, 4) is 11.9 Å². The molecule has 0 aliphatic rings. The molecule has 0 aliphatic heterocycles. The summed E-state index contributed by atoms with van der Waals surface area (Å²) in [6, 6.07) is 6.93. The highest BCUT2D eigenvalue weighted by Gasteiger charge is 2.29. The van der Waals surface area contributed by atoms with Gasteiger partial charge in [0.2, 0.25) is 5.88 Å². The fraction of sp³-hybridized carbons (Fsp3) is 0.462. The Balaban J connectivity index is 2.80. The molecule has 1 unspecified atom stereocenters. The third-order valence-corrected chi connectivity index (χ3v) is 2.73. The standard InChI is InChI=1S/C13H16N2O3/c1-9(13(2,3)8-14)18-12(16)10-6-5-7-11(15-10)17-4/h5-7,9H,1-4H3. The number of ether oxygens (including phenoxy) is 2. The summed E-state index contributed by atoms with van der Waals surface area (Å²) < 4.78 is 10.1. The van der Waals surface area contributed by atoms with Crippen molar-refractivity contribution in [3.63, 3.8) is 0 Å². The predicted molar refractivity (Wildman–Crippen MR) is 65.1 cm³/mol. The molecular formula is C13H16N2O3. The quantitative estimate of drug-likeness (QED) is 0.764. The van der Waals surface area contributed by atoms with Crippen molar-refractivity contribution in [2.45, 2.75) is 26.9 Å². The molecule has 18 heavy (non-hydrogen) atoms. The Bertz CT molecular complexity index is 477. The number of esters is 1. The van der Waals surface area contributed by atoms with Gasteiger partial charge < -0.3 is 9.47 Å². The molecule has 5 heteroatoms. The molecule has 0 radical (unpaired) electrons. The largest absolute Gasteiger partial charge is 0.481 e. The van der Waals surface area contributed by atoms with Crippen LogP contribution in [0.3, 0.4) is 0 Å². The number of methoxy groups -OCH3 is 1. The van der Waals surface area contributed by atoms with Crippen LogP contribution in [0.2, 0.25) is 0 Å². The molecule has 0 fully saturated rings. The van der Waals surface area contributed by atoms with Gasteiger partial charge in [-0.2, -0.15) is 5.26 Å². The van der Waals surface area contributed by atoms with E-state index < -0.39 is 17.5 Å². The fourth-order valence-electron chi connectivity index (χ4n) is 1.10. The third-order valence-electron chi connectivity index (χ3n) is 2.73. The van der Waals surface area contributed by atoms with E-state index in [4.69, 9.17) is 14.7 Å². The Labute approximate surface area is 106 Å². The van der Waals surface area contributed by atoms with Crippen molar-refractivity contribution in [1.29, 1.82) is 5.26 Å². The zero-order valence-electron chi connectivity index (χ0n) is 10.9. The summed E-state index contributed by atoms with van der Waals surface area (Å²) >= 11 is 0. The van der Waals surface area contributed by atoms with Gasteiger partial charge in [-0.25, -0.2) is 9.78 Å². The lowest BCUT2D eigenvalue weighted by Gasteiger charge is -2.23. The number of hydrogen-bond donors (Lipinski definition) is 0. The van der Waals surface area contributed by atoms with Crippen molar-refractivity contribution >= 4 is 5.97 Å². The topological polar surface area (TPSA) is 72.2 Å². The summed E-state index contributed by atoms with van der Waals surface area (Å²) in [5.41, 5.74) is -0.580. The van der Waals surface area contributed by atoms with Gasteiger partial charge in [0.1, 0.15) is 6.10 Å². The Morgan fingerprint density at radius 2 is 2.17 bits per heavy atom. The van der Waals surface area contributed by atoms with E-state index in [0.29, 0.717) is 5.88 Å². The molecule has 0 aliphatic carbocycles. The highest BCUT2D eigenvalue weighted by molar-refractivity contribution is 5.87. The summed E-state index contributed by atoms with van der Waals surface area (Å²) in [5.74, 6) is -0.221. The smallest absolute Gasteiger partial charge is 0.357 e. The zero-order chi connectivity index (χ0) is 13.8. The Morgan fingerprint density at radius 3 is 2.72 bits per heavy atom. The minimum Gasteiger partial charge on any atom is -0.481 e. The maximum absolute atomic E-state index is 11.8. The van der Waals surface area contributed by atoms with E-state index in [1.54, 1.807) is 32.9 Å². The van der Waals surface area contributed by atoms with E-state index in [9.17, 15) is 4.79 Å². The predicted octanol–water partition coefficient (Wildman–Crippen LogP) is 2.19. The SMILES string of the molecule is COc1cccc(C(=O)OC(C)C(C)(C)C#N)n1. The van der Waals surface area contributed by atoms with Crippen LogP contribution in [0.5, 0.6) is 5.88 Å². The van der Waals surface area contributed by atoms with Crippen molar-refractivity contribution in [2.24, 2.45) is 5.41 Å². The maximum Gasteiger partial charge on any atom is 0.357 e. The lowest BCUT2D eigenvalue weighted by molar-refractivity contribution is 0.0122. The highest BCUT2D eigenvalue weighted by Crippen LogP contribution is 2.22. The molecule has 0 bridgehead atoms. The highest BCUT2D eigenvalue weighted by atomic mass is 16.5. The first-order valence-corrected chi connectivity index (χ1v) is 5.54. The number of carbonyl (C=O) groups is 1. The molecule has 0 aromatic carbocycles. The second-order valence-electron chi connectivity index (χ2n) is 4.45. The number of nitriles is 1. The average molecular weight is 248 g/mol. The second-order valence-corrected chi connectivity index (χ2v) is 4.45. The Hall–Kier alpha value is -2.09. The van der Waals surface area contributed by atoms with Gasteiger partial charge in [0.05, 0.1) is 18.6 Å². The first-order valence-electron chi connectivity index (χ1n) is 5.54. The van der Waals surface area contributed by atoms with Gasteiger partial charge in [-0.1, -0.05) is 6.07 Å². The van der Waals surface area contributed by atoms with Crippen molar-refractivity contribution in [2.75, 3.05) is 7.11 Å². The first-order chi connectivity index (χ1) is 8.40. The van der Waals surface area contributed by atoms with Gasteiger partial charge in [0, 0.05) is 6.07 Å². The minimum absolute atomic E-state index is 0.162. The molecule has 0 spiro atoms. The van der Waals surface area contributed by atoms with Gasteiger partial charge in [0.15, 0.2) is 5.69 Å². The van der Waals surface area contributed by atoms with Gasteiger partial charge in [-0.05, 0) is 26.8 Å². The number of hydrogen-bond acceptors (Lipinski definition) is 5. The zero-order valence-corrected chi connectivity index (χ0v) is 10.9. The van der Waals surface area contributed by atoms with Crippen LogP contribution >= 0.6 is 0 Å². The number of carbonyl (C=O) groups excluding carboxylic acids is 1. The molecule has 5 nitrogen and oxygen atoms in total. The van der Waals surface area contributed by atoms with E-state index in [2.05, 4.69) is 11.1 Å². The summed E-state index contributed by atoms with van der Waals surface area (Å²) in [7, 11) is 1.47. The molecule has 96 valence electrons. The van der Waals surface area contributed by atoms with Crippen molar-refractivity contribution in [3.05, 3.63) is 23.9 Å². The van der Waals surface area contributed by atoms with Crippen LogP contribution in [0.25, 0.3) is 0 Å². The van der Waals surface area contributed by atoms with Crippen LogP contribution in [0.1, 0.15) is 31.3 Å². The monoisotopic (exact) mass is 248 g/mol. The van der Waals surface area contributed by atoms with Crippen LogP contribution in [0.4, 0.5) is 0 Å². The van der Waals surface area contributed by atoms with Crippen molar-refractivity contribution in [1.82, 2.24) is 4.98 Å². The normalized spacial score (nSPS) is 12.4. The fourth-order valence-corrected chi connectivity index (χ4v) is 1.10. The Kier molecular flexibility index (Phi) is 4.27. The van der Waals surface area contributed by atoms with Crippen molar-refractivity contribution < 1.29 is 14.3 Å². The number of aromatic nitrogens is 1. The molecule has 1 atom stereocenters. The van der Waals surface area contributed by atoms with Crippen LogP contribution in [0.15, 0.2) is 18.2 Å². The van der Waals surface area contributed by atoms with Gasteiger partial charge in [-0.3, -0.25) is 0 Å².